The highest BCUT2D eigenvalue weighted by Crippen LogP contribution is 2.47. The second-order valence-corrected chi connectivity index (χ2v) is 19.4. The summed E-state index contributed by atoms with van der Waals surface area (Å²) in [5.41, 5.74) is 11.6. The molecule has 4 fully saturated rings. The first-order valence-electron chi connectivity index (χ1n) is 23.1. The van der Waals surface area contributed by atoms with Crippen molar-refractivity contribution in [3.8, 4) is 0 Å². The van der Waals surface area contributed by atoms with Crippen LogP contribution in [0.25, 0.3) is 0 Å². The zero-order valence-corrected chi connectivity index (χ0v) is 38.8. The van der Waals surface area contributed by atoms with E-state index in [1.807, 2.05) is 39.0 Å². The van der Waals surface area contributed by atoms with Crippen molar-refractivity contribution in [2.75, 3.05) is 20.8 Å². The molecule has 15 heteroatoms. The molecule has 0 radical (unpaired) electrons. The molecule has 6 heterocycles. The smallest absolute Gasteiger partial charge is 0.316 e. The summed E-state index contributed by atoms with van der Waals surface area (Å²) in [4.78, 5) is 14.4. The zero-order valence-electron chi connectivity index (χ0n) is 38.8. The Morgan fingerprint density at radius 1 is 0.937 bits per heavy atom. The van der Waals surface area contributed by atoms with E-state index in [-0.39, 0.29) is 36.6 Å². The van der Waals surface area contributed by atoms with E-state index in [0.29, 0.717) is 43.3 Å². The lowest BCUT2D eigenvalue weighted by Crippen LogP contribution is -2.71. The predicted molar refractivity (Wildman–Crippen MR) is 232 cm³/mol. The lowest BCUT2D eigenvalue weighted by Gasteiger charge is -2.48. The highest BCUT2D eigenvalue weighted by molar-refractivity contribution is 5.78. The van der Waals surface area contributed by atoms with Crippen LogP contribution >= 0.6 is 0 Å². The Bertz CT molecular complexity index is 1780. The van der Waals surface area contributed by atoms with Gasteiger partial charge in [-0.25, -0.2) is 0 Å². The van der Waals surface area contributed by atoms with E-state index in [1.165, 1.54) is 0 Å². The minimum absolute atomic E-state index is 0.0304. The van der Waals surface area contributed by atoms with Gasteiger partial charge >= 0.3 is 5.97 Å². The van der Waals surface area contributed by atoms with Gasteiger partial charge in [-0.05, 0) is 62.8 Å². The number of aliphatic hydroxyl groups excluding tert-OH is 1. The molecular formula is C48H74N2O13. The number of rotatable bonds is 8. The van der Waals surface area contributed by atoms with Crippen molar-refractivity contribution in [3.05, 3.63) is 59.3 Å². The standard InChI is InChI=1S/C48H74N2O13/c1-11-25(2)42-28(5)17-18-46(63-42)23-34-20-33(62-46)16-15-27(4)41(26(3)13-12-14-32-24-56-44-40(51)29(6)19-35(45(52)59-34)47(32,44)53)60-38-21-36(54-9)43(30(7)57-38)61-39-22-37(55-10)48(49,50)31(8)58-39/h12-15,17-19,25-26,28,30-31,33-44,51,53H,11,16,20-24,49-50H2,1-10H3/b13-12+,27-15+,32-14+/t25?,26?,28-,30-,31-,33+,34-,35-,36-,37-,38?,39-,40+,41-,42+,43-,44?,46+,47+/m0/s1. The normalized spacial score (nSPS) is 48.2. The molecular weight excluding hydrogens is 813 g/mol. The van der Waals surface area contributed by atoms with Gasteiger partial charge in [0.1, 0.15) is 41.6 Å². The fourth-order valence-corrected chi connectivity index (χ4v) is 10.7. The maximum Gasteiger partial charge on any atom is 0.316 e. The van der Waals surface area contributed by atoms with Gasteiger partial charge in [-0.15, -0.1) is 0 Å². The SMILES string of the molecule is CCC(C)[C@H]1O[C@]2(C=C[C@@H]1C)C[C@@H]1C[C@@H](C/C=C(\C)[C@@H](OC3C[C@H](OC)[C@@H](O[C@H]4C[C@H](OC)C(N)(N)[C@H](C)O4)[C@H](C)O3)C(C)/C=C/C=C3\COC4[C@H](O)C(C)=C[C@@H](C(=O)O1)[C@]34O)O2. The number of aliphatic hydroxyl groups is 2. The van der Waals surface area contributed by atoms with Gasteiger partial charge in [0.25, 0.3) is 0 Å². The number of allylic oxidation sites excluding steroid dienone is 2. The molecule has 7 rings (SSSR count). The number of nitrogens with two attached hydrogens (primary N) is 2. The maximum atomic E-state index is 14.4. The number of methoxy groups -OCH3 is 2. The lowest BCUT2D eigenvalue weighted by atomic mass is 9.71. The first-order valence-corrected chi connectivity index (χ1v) is 23.1. The molecule has 0 aromatic carbocycles. The third kappa shape index (κ3) is 9.74. The van der Waals surface area contributed by atoms with Gasteiger partial charge < -0.3 is 69.0 Å². The van der Waals surface area contributed by atoms with Crippen molar-refractivity contribution in [2.45, 2.75) is 191 Å². The monoisotopic (exact) mass is 887 g/mol. The van der Waals surface area contributed by atoms with Crippen molar-refractivity contribution in [2.24, 2.45) is 35.1 Å². The second-order valence-electron chi connectivity index (χ2n) is 19.4. The minimum Gasteiger partial charge on any atom is -0.462 e. The molecule has 0 aromatic rings. The van der Waals surface area contributed by atoms with Crippen LogP contribution in [0.2, 0.25) is 0 Å². The number of carbonyl (C=O) groups excluding carboxylic acids is 1. The van der Waals surface area contributed by atoms with Gasteiger partial charge in [-0.1, -0.05) is 70.6 Å². The van der Waals surface area contributed by atoms with Gasteiger partial charge in [-0.3, -0.25) is 4.79 Å². The molecule has 4 saturated heterocycles. The van der Waals surface area contributed by atoms with Crippen LogP contribution in [0.5, 0.6) is 0 Å². The Morgan fingerprint density at radius 2 is 1.68 bits per heavy atom. The van der Waals surface area contributed by atoms with E-state index >= 15 is 0 Å². The van der Waals surface area contributed by atoms with Gasteiger partial charge in [-0.2, -0.15) is 0 Å². The van der Waals surface area contributed by atoms with Crippen LogP contribution in [0.3, 0.4) is 0 Å². The summed E-state index contributed by atoms with van der Waals surface area (Å²) in [6.07, 6.45) is 9.10. The Labute approximate surface area is 373 Å². The highest BCUT2D eigenvalue weighted by atomic mass is 16.7. The molecule has 6 N–H and O–H groups in total. The van der Waals surface area contributed by atoms with Crippen LogP contribution < -0.4 is 11.5 Å². The second kappa shape index (κ2) is 19.5. The Balaban J connectivity index is 1.18. The number of esters is 1. The van der Waals surface area contributed by atoms with Crippen molar-refractivity contribution >= 4 is 5.97 Å². The lowest BCUT2D eigenvalue weighted by molar-refractivity contribution is -0.316. The number of ether oxygens (including phenoxy) is 10. The number of fused-ring (bicyclic) bond motifs is 2. The van der Waals surface area contributed by atoms with Gasteiger partial charge in [0.05, 0.1) is 49.3 Å². The van der Waals surface area contributed by atoms with Gasteiger partial charge in [0.15, 0.2) is 18.4 Å². The van der Waals surface area contributed by atoms with Gasteiger partial charge in [0, 0.05) is 51.7 Å². The Morgan fingerprint density at radius 3 is 2.40 bits per heavy atom. The first-order chi connectivity index (χ1) is 29.8. The topological polar surface area (TPSA) is 202 Å². The number of hydrogen-bond acceptors (Lipinski definition) is 15. The largest absolute Gasteiger partial charge is 0.462 e. The van der Waals surface area contributed by atoms with Crippen LogP contribution in [0.4, 0.5) is 0 Å². The number of hydrogen-bond donors (Lipinski definition) is 4. The molecule has 1 aliphatic carbocycles. The summed E-state index contributed by atoms with van der Waals surface area (Å²) in [6.45, 7) is 16.1. The van der Waals surface area contributed by atoms with Gasteiger partial charge in [0.2, 0.25) is 0 Å². The summed E-state index contributed by atoms with van der Waals surface area (Å²) < 4.78 is 64.0. The summed E-state index contributed by atoms with van der Waals surface area (Å²) in [5.74, 6) is -2.57. The molecule has 0 amide bonds. The molecule has 6 aliphatic heterocycles. The Hall–Kier alpha value is -2.35. The van der Waals surface area contributed by atoms with E-state index in [9.17, 15) is 15.0 Å². The highest BCUT2D eigenvalue weighted by Gasteiger charge is 2.60. The summed E-state index contributed by atoms with van der Waals surface area (Å²) in [7, 11) is 3.23. The third-order valence-electron chi connectivity index (χ3n) is 14.9. The summed E-state index contributed by atoms with van der Waals surface area (Å²) in [5, 5.41) is 23.7. The molecule has 0 aromatic heterocycles. The molecule has 0 saturated carbocycles. The molecule has 4 unspecified atom stereocenters. The quantitative estimate of drug-likeness (QED) is 0.149. The predicted octanol–water partition coefficient (Wildman–Crippen LogP) is 4.63. The molecule has 15 nitrogen and oxygen atoms in total. The average molecular weight is 887 g/mol. The molecule has 63 heavy (non-hydrogen) atoms. The fraction of sp³-hybridized carbons (Fsp3) is 0.771. The van der Waals surface area contributed by atoms with E-state index in [4.69, 9.17) is 58.8 Å². The fourth-order valence-electron chi connectivity index (χ4n) is 10.7. The summed E-state index contributed by atoms with van der Waals surface area (Å²) in [6, 6.07) is 0. The van der Waals surface area contributed by atoms with Crippen molar-refractivity contribution in [1.82, 2.24) is 0 Å². The Kier molecular flexibility index (Phi) is 15.0. The van der Waals surface area contributed by atoms with E-state index in [2.05, 4.69) is 39.8 Å². The molecule has 2 bridgehead atoms. The van der Waals surface area contributed by atoms with Crippen molar-refractivity contribution in [3.63, 3.8) is 0 Å². The first kappa shape index (κ1) is 48.6. The summed E-state index contributed by atoms with van der Waals surface area (Å²) >= 11 is 0. The van der Waals surface area contributed by atoms with Crippen LogP contribution in [0.1, 0.15) is 93.9 Å². The van der Waals surface area contributed by atoms with Crippen molar-refractivity contribution < 1.29 is 62.4 Å². The molecule has 354 valence electrons. The van der Waals surface area contributed by atoms with Crippen LogP contribution in [0, 0.1) is 23.7 Å². The average Bonchev–Trinajstić information content (AvgIpc) is 3.58. The van der Waals surface area contributed by atoms with E-state index < -0.39 is 96.5 Å². The third-order valence-corrected chi connectivity index (χ3v) is 14.9. The van der Waals surface area contributed by atoms with E-state index in [1.54, 1.807) is 33.3 Å². The minimum atomic E-state index is -1.84. The van der Waals surface area contributed by atoms with Crippen LogP contribution in [-0.2, 0) is 52.2 Å². The van der Waals surface area contributed by atoms with Crippen LogP contribution in [-0.4, -0.2) is 134 Å². The molecule has 19 atom stereocenters. The van der Waals surface area contributed by atoms with Crippen molar-refractivity contribution in [1.29, 1.82) is 0 Å². The van der Waals surface area contributed by atoms with Crippen LogP contribution in [0.15, 0.2) is 59.3 Å². The zero-order chi connectivity index (χ0) is 45.6. The molecule has 7 aliphatic rings. The molecule has 1 spiro atoms. The maximum absolute atomic E-state index is 14.4. The number of carbonyl (C=O) groups is 1. The van der Waals surface area contributed by atoms with E-state index in [0.717, 1.165) is 12.0 Å².